The zero-order valence-corrected chi connectivity index (χ0v) is 13.0. The second-order valence-electron chi connectivity index (χ2n) is 4.96. The average Bonchev–Trinajstić information content (AvgIpc) is 2.29. The van der Waals surface area contributed by atoms with Gasteiger partial charge in [-0.1, -0.05) is 0 Å². The summed E-state index contributed by atoms with van der Waals surface area (Å²) in [6, 6.07) is 0. The number of hydrogen-bond donors (Lipinski definition) is 3. The average molecular weight is 291 g/mol. The normalized spacial score (nSPS) is 10.8. The first-order valence-electron chi connectivity index (χ1n) is 6.40. The number of nitrogens with one attached hydrogen (secondary N) is 2. The number of rotatable bonds is 6. The molecule has 0 bridgehead atoms. The number of likely N-dealkylation sites (N-methyl/N-ethyl adjacent to an activating group) is 1. The molecule has 0 spiro atoms. The van der Waals surface area contributed by atoms with Crippen molar-refractivity contribution in [3.05, 3.63) is 0 Å². The maximum Gasteiger partial charge on any atom is 0.407 e. The number of aliphatic hydroxyl groups is 1. The van der Waals surface area contributed by atoms with Crippen molar-refractivity contribution in [3.63, 3.8) is 0 Å². The van der Waals surface area contributed by atoms with Crippen LogP contribution in [0.25, 0.3) is 0 Å². The minimum atomic E-state index is -0.493. The molecule has 6 nitrogen and oxygen atoms in total. The van der Waals surface area contributed by atoms with E-state index in [4.69, 9.17) is 22.1 Å². The van der Waals surface area contributed by atoms with Gasteiger partial charge in [0.05, 0.1) is 6.61 Å². The molecule has 3 N–H and O–H groups in total. The molecule has 0 aromatic rings. The van der Waals surface area contributed by atoms with Crippen molar-refractivity contribution in [3.8, 4) is 0 Å². The quantitative estimate of drug-likeness (QED) is 0.494. The fourth-order valence-electron chi connectivity index (χ4n) is 1.28. The third-order valence-corrected chi connectivity index (χ3v) is 2.51. The number of nitrogens with zero attached hydrogens (tertiary/aromatic N) is 1. The highest BCUT2D eigenvalue weighted by Gasteiger charge is 2.15. The van der Waals surface area contributed by atoms with Gasteiger partial charge in [-0.2, -0.15) is 0 Å². The van der Waals surface area contributed by atoms with E-state index in [1.165, 1.54) is 0 Å². The van der Waals surface area contributed by atoms with Crippen LogP contribution in [-0.2, 0) is 4.74 Å². The van der Waals surface area contributed by atoms with Crippen LogP contribution in [0.15, 0.2) is 0 Å². The lowest BCUT2D eigenvalue weighted by Gasteiger charge is -2.23. The number of carbonyl (C=O) groups excluding carboxylic acids is 1. The Bertz CT molecular complexity index is 292. The van der Waals surface area contributed by atoms with Gasteiger partial charge in [0.2, 0.25) is 0 Å². The van der Waals surface area contributed by atoms with Gasteiger partial charge < -0.3 is 25.4 Å². The summed E-state index contributed by atoms with van der Waals surface area (Å²) in [5.74, 6) is 0. The third-order valence-electron chi connectivity index (χ3n) is 2.11. The summed E-state index contributed by atoms with van der Waals surface area (Å²) >= 11 is 5.17. The van der Waals surface area contributed by atoms with Crippen LogP contribution in [0, 0.1) is 0 Å². The zero-order valence-electron chi connectivity index (χ0n) is 12.2. The number of aliphatic hydroxyl groups excluding tert-OH is 1. The van der Waals surface area contributed by atoms with Crippen molar-refractivity contribution in [2.75, 3.05) is 32.8 Å². The van der Waals surface area contributed by atoms with Crippen molar-refractivity contribution < 1.29 is 14.6 Å². The highest BCUT2D eigenvalue weighted by atomic mass is 32.1. The monoisotopic (exact) mass is 291 g/mol. The molecule has 0 rings (SSSR count). The Kier molecular flexibility index (Phi) is 8.42. The van der Waals surface area contributed by atoms with Gasteiger partial charge in [0.15, 0.2) is 5.11 Å². The van der Waals surface area contributed by atoms with Crippen molar-refractivity contribution in [1.29, 1.82) is 0 Å². The van der Waals surface area contributed by atoms with Gasteiger partial charge in [-0.25, -0.2) is 4.79 Å². The Balaban J connectivity index is 3.79. The van der Waals surface area contributed by atoms with E-state index in [-0.39, 0.29) is 6.61 Å². The Morgan fingerprint density at radius 1 is 1.32 bits per heavy atom. The Labute approximate surface area is 120 Å². The van der Waals surface area contributed by atoms with E-state index in [1.54, 1.807) is 0 Å². The molecular formula is C12H25N3O3S. The van der Waals surface area contributed by atoms with E-state index in [1.807, 2.05) is 32.6 Å². The van der Waals surface area contributed by atoms with Crippen LogP contribution in [-0.4, -0.2) is 59.6 Å². The Morgan fingerprint density at radius 3 is 2.37 bits per heavy atom. The Hall–Kier alpha value is -1.08. The number of thiocarbonyl (C=S) groups is 1. The van der Waals surface area contributed by atoms with E-state index in [9.17, 15) is 4.79 Å². The van der Waals surface area contributed by atoms with Crippen LogP contribution < -0.4 is 10.6 Å². The van der Waals surface area contributed by atoms with E-state index in [0.29, 0.717) is 24.7 Å². The summed E-state index contributed by atoms with van der Waals surface area (Å²) in [6.07, 6.45) is -0.442. The summed E-state index contributed by atoms with van der Waals surface area (Å²) in [5, 5.41) is 15.1. The maximum atomic E-state index is 11.4. The lowest BCUT2D eigenvalue weighted by Crippen LogP contribution is -2.44. The predicted molar refractivity (Wildman–Crippen MR) is 79.2 cm³/mol. The molecule has 7 heteroatoms. The maximum absolute atomic E-state index is 11.4. The molecule has 0 radical (unpaired) electrons. The molecular weight excluding hydrogens is 266 g/mol. The summed E-state index contributed by atoms with van der Waals surface area (Å²) in [4.78, 5) is 13.2. The summed E-state index contributed by atoms with van der Waals surface area (Å²) in [6.45, 7) is 9.63. The number of hydrogen-bond acceptors (Lipinski definition) is 4. The zero-order chi connectivity index (χ0) is 14.9. The molecule has 0 saturated heterocycles. The van der Waals surface area contributed by atoms with Crippen LogP contribution in [0.4, 0.5) is 4.79 Å². The number of ether oxygens (including phenoxy) is 1. The first-order chi connectivity index (χ1) is 8.80. The summed E-state index contributed by atoms with van der Waals surface area (Å²) in [7, 11) is 0. The lowest BCUT2D eigenvalue weighted by atomic mass is 10.2. The molecule has 0 fully saturated rings. The largest absolute Gasteiger partial charge is 0.444 e. The predicted octanol–water partition coefficient (Wildman–Crippen LogP) is 0.700. The van der Waals surface area contributed by atoms with Gasteiger partial charge >= 0.3 is 6.09 Å². The molecule has 0 heterocycles. The topological polar surface area (TPSA) is 73.8 Å². The first-order valence-corrected chi connectivity index (χ1v) is 6.81. The van der Waals surface area contributed by atoms with E-state index in [0.717, 1.165) is 6.54 Å². The number of amides is 1. The van der Waals surface area contributed by atoms with Gasteiger partial charge in [-0.05, 0) is 39.9 Å². The molecule has 0 aromatic carbocycles. The van der Waals surface area contributed by atoms with Crippen molar-refractivity contribution in [2.24, 2.45) is 0 Å². The molecule has 0 unspecified atom stereocenters. The second-order valence-corrected chi connectivity index (χ2v) is 5.35. The molecule has 0 atom stereocenters. The van der Waals surface area contributed by atoms with Crippen LogP contribution >= 0.6 is 12.2 Å². The smallest absolute Gasteiger partial charge is 0.407 e. The van der Waals surface area contributed by atoms with Gasteiger partial charge in [-0.15, -0.1) is 0 Å². The molecule has 0 aliphatic carbocycles. The third kappa shape index (κ3) is 9.49. The molecule has 0 saturated carbocycles. The van der Waals surface area contributed by atoms with Crippen LogP contribution in [0.3, 0.4) is 0 Å². The van der Waals surface area contributed by atoms with Gasteiger partial charge in [0.25, 0.3) is 0 Å². The van der Waals surface area contributed by atoms with Crippen LogP contribution in [0.5, 0.6) is 0 Å². The summed E-state index contributed by atoms with van der Waals surface area (Å²) in [5.41, 5.74) is -0.493. The fourth-order valence-corrected chi connectivity index (χ4v) is 1.61. The van der Waals surface area contributed by atoms with Crippen molar-refractivity contribution in [2.45, 2.75) is 33.3 Å². The second kappa shape index (κ2) is 8.92. The fraction of sp³-hybridized carbons (Fsp3) is 0.833. The molecule has 1 amide bonds. The van der Waals surface area contributed by atoms with Crippen LogP contribution in [0.2, 0.25) is 0 Å². The molecule has 112 valence electrons. The first kappa shape index (κ1) is 17.9. The van der Waals surface area contributed by atoms with Gasteiger partial charge in [-0.3, -0.25) is 0 Å². The standard InChI is InChI=1S/C12H25N3O3S/c1-5-15(8-9-16)10(19)13-6-7-14-11(17)18-12(2,3)4/h16H,5-9H2,1-4H3,(H,13,19)(H,14,17). The number of carbonyl (C=O) groups is 1. The molecule has 0 aliphatic rings. The lowest BCUT2D eigenvalue weighted by molar-refractivity contribution is 0.0529. The van der Waals surface area contributed by atoms with E-state index in [2.05, 4.69) is 10.6 Å². The highest BCUT2D eigenvalue weighted by molar-refractivity contribution is 7.80. The van der Waals surface area contributed by atoms with Gasteiger partial charge in [0.1, 0.15) is 5.60 Å². The molecule has 19 heavy (non-hydrogen) atoms. The number of alkyl carbamates (subject to hydrolysis) is 1. The van der Waals surface area contributed by atoms with Gasteiger partial charge in [0, 0.05) is 26.2 Å². The minimum absolute atomic E-state index is 0.0613. The van der Waals surface area contributed by atoms with E-state index < -0.39 is 11.7 Å². The van der Waals surface area contributed by atoms with E-state index >= 15 is 0 Å². The van der Waals surface area contributed by atoms with Crippen molar-refractivity contribution in [1.82, 2.24) is 15.5 Å². The summed E-state index contributed by atoms with van der Waals surface area (Å²) < 4.78 is 5.10. The van der Waals surface area contributed by atoms with Crippen LogP contribution in [0.1, 0.15) is 27.7 Å². The Morgan fingerprint density at radius 2 is 1.89 bits per heavy atom. The van der Waals surface area contributed by atoms with Crippen molar-refractivity contribution >= 4 is 23.4 Å². The molecule has 0 aromatic heterocycles. The SMILES string of the molecule is CCN(CCO)C(=S)NCCNC(=O)OC(C)(C)C. The molecule has 0 aliphatic heterocycles. The minimum Gasteiger partial charge on any atom is -0.444 e. The highest BCUT2D eigenvalue weighted by Crippen LogP contribution is 2.05.